The Balaban J connectivity index is 1.65. The molecule has 0 unspecified atom stereocenters. The summed E-state index contributed by atoms with van der Waals surface area (Å²) < 4.78 is 32.5. The van der Waals surface area contributed by atoms with Gasteiger partial charge in [0.05, 0.1) is 28.8 Å². The zero-order valence-electron chi connectivity index (χ0n) is 16.4. The number of nitrogens with one attached hydrogen (secondary N) is 1. The van der Waals surface area contributed by atoms with Crippen molar-refractivity contribution < 1.29 is 17.9 Å². The van der Waals surface area contributed by atoms with Crippen molar-refractivity contribution in [3.8, 4) is 0 Å². The maximum atomic E-state index is 12.7. The molecule has 0 bridgehead atoms. The Morgan fingerprint density at radius 3 is 2.64 bits per heavy atom. The number of ether oxygens (including phenoxy) is 1. The van der Waals surface area contributed by atoms with Crippen LogP contribution in [-0.2, 0) is 19.6 Å². The number of amides is 1. The van der Waals surface area contributed by atoms with Crippen LogP contribution in [0.2, 0.25) is 5.02 Å². The summed E-state index contributed by atoms with van der Waals surface area (Å²) in [6.45, 7) is 7.92. The van der Waals surface area contributed by atoms with Crippen LogP contribution in [0.5, 0.6) is 0 Å². The van der Waals surface area contributed by atoms with E-state index in [9.17, 15) is 13.2 Å². The lowest BCUT2D eigenvalue weighted by Gasteiger charge is -2.42. The summed E-state index contributed by atoms with van der Waals surface area (Å²) in [6.07, 6.45) is 2.03. The maximum Gasteiger partial charge on any atom is 0.243 e. The summed E-state index contributed by atoms with van der Waals surface area (Å²) in [4.78, 5) is 14.8. The zero-order chi connectivity index (χ0) is 20.4. The Labute approximate surface area is 172 Å². The number of sulfonamides is 1. The highest BCUT2D eigenvalue weighted by Gasteiger charge is 2.31. The van der Waals surface area contributed by atoms with Crippen LogP contribution >= 0.6 is 11.6 Å². The molecule has 2 aliphatic heterocycles. The number of carbonyl (C=O) groups excluding carboxylic acids is 1. The van der Waals surface area contributed by atoms with E-state index in [0.717, 1.165) is 19.4 Å². The van der Waals surface area contributed by atoms with Crippen molar-refractivity contribution in [3.05, 3.63) is 23.2 Å². The Morgan fingerprint density at radius 1 is 1.25 bits per heavy atom. The van der Waals surface area contributed by atoms with Crippen LogP contribution in [0.25, 0.3) is 0 Å². The van der Waals surface area contributed by atoms with E-state index in [1.807, 2.05) is 0 Å². The molecule has 2 fully saturated rings. The van der Waals surface area contributed by atoms with Gasteiger partial charge in [-0.25, -0.2) is 8.42 Å². The smallest absolute Gasteiger partial charge is 0.243 e. The van der Waals surface area contributed by atoms with E-state index in [0.29, 0.717) is 50.0 Å². The molecule has 3 rings (SSSR count). The molecule has 1 amide bonds. The van der Waals surface area contributed by atoms with Crippen molar-refractivity contribution in [2.24, 2.45) is 0 Å². The van der Waals surface area contributed by atoms with E-state index in [4.69, 9.17) is 16.3 Å². The second kappa shape index (κ2) is 8.67. The Bertz CT molecular complexity index is 822. The number of benzene rings is 1. The summed E-state index contributed by atoms with van der Waals surface area (Å²) in [5.41, 5.74) is 0.216. The monoisotopic (exact) mass is 429 g/mol. The molecule has 2 heterocycles. The minimum absolute atomic E-state index is 0.111. The number of hydrogen-bond donors (Lipinski definition) is 1. The van der Waals surface area contributed by atoms with Crippen LogP contribution in [0, 0.1) is 0 Å². The van der Waals surface area contributed by atoms with Crippen molar-refractivity contribution in [1.82, 2.24) is 9.21 Å². The van der Waals surface area contributed by atoms with E-state index in [1.54, 1.807) is 0 Å². The summed E-state index contributed by atoms with van der Waals surface area (Å²) in [6, 6.07) is 4.46. The van der Waals surface area contributed by atoms with Gasteiger partial charge in [0, 0.05) is 38.1 Å². The van der Waals surface area contributed by atoms with Gasteiger partial charge in [-0.15, -0.1) is 0 Å². The molecule has 1 aromatic rings. The van der Waals surface area contributed by atoms with Gasteiger partial charge in [0.25, 0.3) is 0 Å². The van der Waals surface area contributed by atoms with E-state index < -0.39 is 10.0 Å². The molecular weight excluding hydrogens is 402 g/mol. The first-order valence-electron chi connectivity index (χ1n) is 9.62. The third-order valence-corrected chi connectivity index (χ3v) is 7.56. The van der Waals surface area contributed by atoms with Crippen LogP contribution in [0.1, 0.15) is 33.1 Å². The Kier molecular flexibility index (Phi) is 6.66. The first-order valence-corrected chi connectivity index (χ1v) is 11.4. The van der Waals surface area contributed by atoms with Gasteiger partial charge in [-0.2, -0.15) is 4.31 Å². The fourth-order valence-electron chi connectivity index (χ4n) is 3.59. The van der Waals surface area contributed by atoms with Crippen LogP contribution in [0.3, 0.4) is 0 Å². The number of halogens is 1. The number of hydrogen-bond acceptors (Lipinski definition) is 5. The fraction of sp³-hybridized carbons (Fsp3) is 0.632. The van der Waals surface area contributed by atoms with Gasteiger partial charge in [0.2, 0.25) is 15.9 Å². The predicted molar refractivity (Wildman–Crippen MR) is 109 cm³/mol. The highest BCUT2D eigenvalue weighted by Crippen LogP contribution is 2.28. The molecule has 0 aliphatic carbocycles. The van der Waals surface area contributed by atoms with Crippen molar-refractivity contribution in [1.29, 1.82) is 0 Å². The molecule has 2 aliphatic rings. The third kappa shape index (κ3) is 4.86. The van der Waals surface area contributed by atoms with Gasteiger partial charge < -0.3 is 10.1 Å². The fourth-order valence-corrected chi connectivity index (χ4v) is 5.30. The molecular formula is C19H28ClN3O4S. The highest BCUT2D eigenvalue weighted by molar-refractivity contribution is 7.89. The zero-order valence-corrected chi connectivity index (χ0v) is 18.0. The van der Waals surface area contributed by atoms with E-state index >= 15 is 0 Å². The third-order valence-electron chi connectivity index (χ3n) is 5.34. The van der Waals surface area contributed by atoms with Crippen LogP contribution in [0.4, 0.5) is 5.69 Å². The first-order chi connectivity index (χ1) is 13.2. The summed E-state index contributed by atoms with van der Waals surface area (Å²) in [5, 5.41) is 3.09. The maximum absolute atomic E-state index is 12.7. The van der Waals surface area contributed by atoms with Crippen molar-refractivity contribution >= 4 is 33.2 Å². The number of rotatable bonds is 6. The molecule has 0 saturated carbocycles. The van der Waals surface area contributed by atoms with Crippen LogP contribution in [0.15, 0.2) is 23.1 Å². The number of morpholine rings is 1. The van der Waals surface area contributed by atoms with Crippen molar-refractivity contribution in [2.45, 2.75) is 43.5 Å². The van der Waals surface area contributed by atoms with Gasteiger partial charge in [-0.1, -0.05) is 11.6 Å². The van der Waals surface area contributed by atoms with Crippen molar-refractivity contribution in [2.75, 3.05) is 44.7 Å². The molecule has 0 aromatic heterocycles. The standard InChI is InChI=1S/C19H28ClN3O4S/c1-19(2)14-27-12-11-22(19)10-7-18(24)21-17-13-15(5-6-16(17)20)28(25,26)23-8-3-4-9-23/h5-6,13H,3-4,7-12,14H2,1-2H3,(H,21,24). The van der Waals surface area contributed by atoms with Gasteiger partial charge in [-0.05, 0) is 44.9 Å². The molecule has 0 radical (unpaired) electrons. The average Bonchev–Trinajstić information content (AvgIpc) is 3.17. The molecule has 7 nitrogen and oxygen atoms in total. The lowest BCUT2D eigenvalue weighted by atomic mass is 10.0. The summed E-state index contributed by atoms with van der Waals surface area (Å²) >= 11 is 6.19. The molecule has 1 aromatic carbocycles. The minimum Gasteiger partial charge on any atom is -0.378 e. The van der Waals surface area contributed by atoms with E-state index in [1.165, 1.54) is 22.5 Å². The van der Waals surface area contributed by atoms with Gasteiger partial charge in [0.15, 0.2) is 0 Å². The van der Waals surface area contributed by atoms with Crippen LogP contribution in [-0.4, -0.2) is 68.5 Å². The van der Waals surface area contributed by atoms with Crippen LogP contribution < -0.4 is 5.32 Å². The molecule has 9 heteroatoms. The molecule has 0 atom stereocenters. The highest BCUT2D eigenvalue weighted by atomic mass is 35.5. The summed E-state index contributed by atoms with van der Waals surface area (Å²) in [5.74, 6) is -0.195. The number of carbonyl (C=O) groups is 1. The largest absolute Gasteiger partial charge is 0.378 e. The number of nitrogens with zero attached hydrogens (tertiary/aromatic N) is 2. The molecule has 1 N–H and O–H groups in total. The lowest BCUT2D eigenvalue weighted by Crippen LogP contribution is -2.53. The number of anilines is 1. The molecule has 28 heavy (non-hydrogen) atoms. The summed E-state index contributed by atoms with van der Waals surface area (Å²) in [7, 11) is -3.56. The normalized spacial score (nSPS) is 21.0. The minimum atomic E-state index is -3.56. The van der Waals surface area contributed by atoms with Gasteiger partial charge >= 0.3 is 0 Å². The molecule has 0 spiro atoms. The second-order valence-electron chi connectivity index (χ2n) is 7.90. The van der Waals surface area contributed by atoms with Gasteiger partial charge in [0.1, 0.15) is 0 Å². The molecule has 156 valence electrons. The predicted octanol–water partition coefficient (Wildman–Crippen LogP) is 2.56. The Morgan fingerprint density at radius 2 is 1.96 bits per heavy atom. The van der Waals surface area contributed by atoms with Crippen molar-refractivity contribution in [3.63, 3.8) is 0 Å². The lowest BCUT2D eigenvalue weighted by molar-refractivity contribution is -0.117. The van der Waals surface area contributed by atoms with Gasteiger partial charge in [-0.3, -0.25) is 9.69 Å². The second-order valence-corrected chi connectivity index (χ2v) is 10.2. The Hall–Kier alpha value is -1.19. The quantitative estimate of drug-likeness (QED) is 0.751. The topological polar surface area (TPSA) is 79.0 Å². The molecule has 2 saturated heterocycles. The van der Waals surface area contributed by atoms with E-state index in [2.05, 4.69) is 24.1 Å². The average molecular weight is 430 g/mol. The SMILES string of the molecule is CC1(C)COCCN1CCC(=O)Nc1cc(S(=O)(=O)N2CCCC2)ccc1Cl. The first kappa shape index (κ1) is 21.5. The van der Waals surface area contributed by atoms with E-state index in [-0.39, 0.29) is 16.3 Å².